The maximum absolute atomic E-state index is 5.96. The van der Waals surface area contributed by atoms with E-state index in [9.17, 15) is 0 Å². The van der Waals surface area contributed by atoms with E-state index in [0.717, 1.165) is 14.6 Å². The molecule has 74 valence electrons. The zero-order chi connectivity index (χ0) is 10.4. The molecular formula is C11H9Br2Cl. The van der Waals surface area contributed by atoms with E-state index in [-0.39, 0.29) is 0 Å². The number of benzene rings is 2. The van der Waals surface area contributed by atoms with E-state index in [1.165, 1.54) is 5.39 Å². The molecule has 0 unspecified atom stereocenters. The van der Waals surface area contributed by atoms with E-state index in [0.29, 0.717) is 0 Å². The monoisotopic (exact) mass is 334 g/mol. The lowest BCUT2D eigenvalue weighted by Crippen LogP contribution is -1.70. The summed E-state index contributed by atoms with van der Waals surface area (Å²) in [7, 11) is 0. The van der Waals surface area contributed by atoms with E-state index in [1.54, 1.807) is 0 Å². The van der Waals surface area contributed by atoms with Gasteiger partial charge in [-0.3, -0.25) is 0 Å². The van der Waals surface area contributed by atoms with E-state index >= 15 is 0 Å². The molecule has 0 aliphatic heterocycles. The second-order valence-corrected chi connectivity index (χ2v) is 5.60. The minimum atomic E-state index is 0.822. The highest BCUT2D eigenvalue weighted by Gasteiger charge is 1.93. The number of alkyl halides is 2. The van der Waals surface area contributed by atoms with Crippen molar-refractivity contribution < 1.29 is 0 Å². The predicted molar refractivity (Wildman–Crippen MR) is 71.7 cm³/mol. The van der Waals surface area contributed by atoms with Crippen molar-refractivity contribution in [1.82, 2.24) is 0 Å². The Balaban J connectivity index is 0.000000293. The molecule has 0 heterocycles. The molecule has 0 aromatic heterocycles. The minimum Gasteiger partial charge on any atom is -0.0837 e. The van der Waals surface area contributed by atoms with Crippen LogP contribution in [0.5, 0.6) is 0 Å². The number of halogens is 3. The van der Waals surface area contributed by atoms with Gasteiger partial charge in [-0.15, -0.1) is 0 Å². The van der Waals surface area contributed by atoms with Gasteiger partial charge in [0.2, 0.25) is 0 Å². The molecule has 0 spiro atoms. The molecule has 2 rings (SSSR count). The van der Waals surface area contributed by atoms with Crippen LogP contribution in [-0.2, 0) is 0 Å². The minimum absolute atomic E-state index is 0.822. The van der Waals surface area contributed by atoms with Crippen molar-refractivity contribution in [3.05, 3.63) is 47.5 Å². The van der Waals surface area contributed by atoms with E-state index in [4.69, 9.17) is 11.6 Å². The molecule has 0 atom stereocenters. The highest BCUT2D eigenvalue weighted by molar-refractivity contribution is 9.24. The van der Waals surface area contributed by atoms with Crippen LogP contribution in [0.15, 0.2) is 42.5 Å². The van der Waals surface area contributed by atoms with Crippen molar-refractivity contribution in [2.75, 3.05) is 4.24 Å². The average Bonchev–Trinajstić information content (AvgIpc) is 2.20. The normalized spacial score (nSPS) is 9.36. The van der Waals surface area contributed by atoms with Crippen LogP contribution in [0.1, 0.15) is 0 Å². The summed E-state index contributed by atoms with van der Waals surface area (Å²) in [4.78, 5) is 0. The predicted octanol–water partition coefficient (Wildman–Crippen LogP) is 5.23. The third kappa shape index (κ3) is 3.26. The largest absolute Gasteiger partial charge is 0.0837 e. The zero-order valence-corrected chi connectivity index (χ0v) is 11.3. The van der Waals surface area contributed by atoms with Gasteiger partial charge in [0.15, 0.2) is 0 Å². The van der Waals surface area contributed by atoms with Gasteiger partial charge >= 0.3 is 0 Å². The van der Waals surface area contributed by atoms with Crippen LogP contribution in [0, 0.1) is 0 Å². The smallest absolute Gasteiger partial charge is 0.0588 e. The van der Waals surface area contributed by atoms with Gasteiger partial charge in [0.1, 0.15) is 0 Å². The standard InChI is InChI=1S/C10H7Cl.CH2Br2/c11-10-7-3-5-8-4-1-2-6-9(8)10;2-1-3/h1-7H;1H2. The molecule has 0 fully saturated rings. The first-order valence-corrected chi connectivity index (χ1v) is 6.67. The van der Waals surface area contributed by atoms with Crippen molar-refractivity contribution in [2.24, 2.45) is 0 Å². The van der Waals surface area contributed by atoms with Crippen LogP contribution >= 0.6 is 43.5 Å². The molecule has 0 aliphatic rings. The molecule has 2 aromatic carbocycles. The summed E-state index contributed by atoms with van der Waals surface area (Å²) in [6.07, 6.45) is 0. The number of fused-ring (bicyclic) bond motifs is 1. The summed E-state index contributed by atoms with van der Waals surface area (Å²) in [6.45, 7) is 0. The van der Waals surface area contributed by atoms with Gasteiger partial charge in [0.25, 0.3) is 0 Å². The molecule has 14 heavy (non-hydrogen) atoms. The highest BCUT2D eigenvalue weighted by Crippen LogP contribution is 2.21. The summed E-state index contributed by atoms with van der Waals surface area (Å²) < 4.78 is 0.875. The lowest BCUT2D eigenvalue weighted by Gasteiger charge is -1.97. The third-order valence-corrected chi connectivity index (χ3v) is 2.07. The fourth-order valence-corrected chi connectivity index (χ4v) is 1.43. The molecule has 3 heteroatoms. The second-order valence-electron chi connectivity index (χ2n) is 2.56. The highest BCUT2D eigenvalue weighted by atomic mass is 79.9. The van der Waals surface area contributed by atoms with Crippen LogP contribution in [0.3, 0.4) is 0 Å². The molecule has 0 nitrogen and oxygen atoms in total. The molecule has 0 aliphatic carbocycles. The molecule has 0 radical (unpaired) electrons. The Morgan fingerprint density at radius 1 is 0.929 bits per heavy atom. The van der Waals surface area contributed by atoms with Gasteiger partial charge in [-0.25, -0.2) is 0 Å². The fraction of sp³-hybridized carbons (Fsp3) is 0.0909. The Morgan fingerprint density at radius 2 is 1.50 bits per heavy atom. The second kappa shape index (κ2) is 6.44. The van der Waals surface area contributed by atoms with Crippen LogP contribution in [-0.4, -0.2) is 4.24 Å². The van der Waals surface area contributed by atoms with Gasteiger partial charge in [0.05, 0.1) is 4.24 Å². The van der Waals surface area contributed by atoms with Crippen molar-refractivity contribution in [1.29, 1.82) is 0 Å². The van der Waals surface area contributed by atoms with E-state index in [1.807, 2.05) is 30.3 Å². The van der Waals surface area contributed by atoms with Gasteiger partial charge < -0.3 is 0 Å². The fourth-order valence-electron chi connectivity index (χ4n) is 1.19. The Morgan fingerprint density at radius 3 is 2.14 bits per heavy atom. The third-order valence-electron chi connectivity index (χ3n) is 1.74. The average molecular weight is 336 g/mol. The summed E-state index contributed by atoms with van der Waals surface area (Å²) in [5.74, 6) is 0. The molecule has 0 saturated heterocycles. The van der Waals surface area contributed by atoms with Crippen LogP contribution in [0.4, 0.5) is 0 Å². The molecule has 2 aromatic rings. The lowest BCUT2D eigenvalue weighted by atomic mass is 10.1. The molecule has 0 N–H and O–H groups in total. The summed E-state index contributed by atoms with van der Waals surface area (Å²) in [5, 5.41) is 3.14. The van der Waals surface area contributed by atoms with Crippen molar-refractivity contribution in [2.45, 2.75) is 0 Å². The number of rotatable bonds is 0. The Bertz CT molecular complexity index is 396. The first-order valence-electron chi connectivity index (χ1n) is 4.04. The first kappa shape index (κ1) is 12.0. The number of hydrogen-bond donors (Lipinski definition) is 0. The lowest BCUT2D eigenvalue weighted by molar-refractivity contribution is 1.75. The van der Waals surface area contributed by atoms with Gasteiger partial charge in [-0.05, 0) is 11.5 Å². The molecule has 0 amide bonds. The van der Waals surface area contributed by atoms with Gasteiger partial charge in [0, 0.05) is 10.4 Å². The Labute approximate surface area is 106 Å². The van der Waals surface area contributed by atoms with Crippen molar-refractivity contribution >= 4 is 54.2 Å². The summed E-state index contributed by atoms with van der Waals surface area (Å²) in [6, 6.07) is 14.0. The van der Waals surface area contributed by atoms with Crippen LogP contribution < -0.4 is 0 Å². The Hall–Kier alpha value is -0.0500. The maximum Gasteiger partial charge on any atom is 0.0588 e. The van der Waals surface area contributed by atoms with E-state index < -0.39 is 0 Å². The SMILES string of the molecule is BrCBr.Clc1cccc2ccccc12. The quantitative estimate of drug-likeness (QED) is 0.578. The topological polar surface area (TPSA) is 0 Å². The maximum atomic E-state index is 5.96. The van der Waals surface area contributed by atoms with Crippen molar-refractivity contribution in [3.8, 4) is 0 Å². The molecule has 0 bridgehead atoms. The molecule has 0 saturated carbocycles. The summed E-state index contributed by atoms with van der Waals surface area (Å²) in [5.41, 5.74) is 0. The van der Waals surface area contributed by atoms with Gasteiger partial charge in [-0.2, -0.15) is 0 Å². The molecular weight excluding hydrogens is 327 g/mol. The van der Waals surface area contributed by atoms with Gasteiger partial charge in [-0.1, -0.05) is 79.9 Å². The zero-order valence-electron chi connectivity index (χ0n) is 7.38. The first-order chi connectivity index (χ1) is 6.79. The number of hydrogen-bond acceptors (Lipinski definition) is 0. The Kier molecular flexibility index (Phi) is 5.53. The van der Waals surface area contributed by atoms with Crippen LogP contribution in [0.25, 0.3) is 10.8 Å². The van der Waals surface area contributed by atoms with Crippen LogP contribution in [0.2, 0.25) is 5.02 Å². The van der Waals surface area contributed by atoms with E-state index in [2.05, 4.69) is 44.0 Å². The van der Waals surface area contributed by atoms with Crippen molar-refractivity contribution in [3.63, 3.8) is 0 Å². The summed E-state index contributed by atoms with van der Waals surface area (Å²) >= 11 is 12.1.